The van der Waals surface area contributed by atoms with E-state index in [9.17, 15) is 4.79 Å². The van der Waals surface area contributed by atoms with Gasteiger partial charge in [-0.25, -0.2) is 0 Å². The van der Waals surface area contributed by atoms with Crippen molar-refractivity contribution in [2.45, 2.75) is 93.0 Å². The zero-order valence-electron chi connectivity index (χ0n) is 17.3. The Morgan fingerprint density at radius 2 is 1.67 bits per heavy atom. The Hall–Kier alpha value is -1.31. The van der Waals surface area contributed by atoms with E-state index in [1.807, 2.05) is 26.8 Å². The van der Waals surface area contributed by atoms with Gasteiger partial charge in [-0.05, 0) is 58.1 Å². The number of allylic oxidation sites excluding steroid dienone is 4. The number of piperidine rings is 1. The van der Waals surface area contributed by atoms with E-state index in [2.05, 4.69) is 52.1 Å². The smallest absolute Gasteiger partial charge is 0.160 e. The summed E-state index contributed by atoms with van der Waals surface area (Å²) in [6.07, 6.45) is 11.2. The molecule has 138 valence electrons. The van der Waals surface area contributed by atoms with Crippen LogP contribution in [0.1, 0.15) is 87.5 Å². The van der Waals surface area contributed by atoms with E-state index in [1.165, 1.54) is 11.1 Å². The highest BCUT2D eigenvalue weighted by Gasteiger charge is 2.29. The molecule has 0 amide bonds. The maximum Gasteiger partial charge on any atom is 0.160 e. The molecule has 0 spiro atoms. The van der Waals surface area contributed by atoms with E-state index in [4.69, 9.17) is 0 Å². The van der Waals surface area contributed by atoms with E-state index in [0.29, 0.717) is 0 Å². The molecule has 1 aliphatic rings. The van der Waals surface area contributed by atoms with Crippen LogP contribution >= 0.6 is 0 Å². The maximum absolute atomic E-state index is 12.7. The van der Waals surface area contributed by atoms with Crippen molar-refractivity contribution in [3.8, 4) is 0 Å². The monoisotopic (exact) mass is 333 g/mol. The van der Waals surface area contributed by atoms with E-state index >= 15 is 0 Å². The summed E-state index contributed by atoms with van der Waals surface area (Å²) in [4.78, 5) is 12.7. The third-order valence-electron chi connectivity index (χ3n) is 4.34. The first kappa shape index (κ1) is 22.7. The number of carbonyl (C=O) groups excluding carboxylic acids is 1. The Morgan fingerprint density at radius 3 is 2.08 bits per heavy atom. The van der Waals surface area contributed by atoms with Crippen LogP contribution in [0.2, 0.25) is 0 Å². The van der Waals surface area contributed by atoms with Gasteiger partial charge in [-0.3, -0.25) is 4.79 Å². The molecule has 2 heteroatoms. The lowest BCUT2D eigenvalue weighted by atomic mass is 9.82. The molecule has 0 atom stereocenters. The predicted molar refractivity (Wildman–Crippen MR) is 107 cm³/mol. The third-order valence-corrected chi connectivity index (χ3v) is 4.34. The molecule has 0 aliphatic carbocycles. The van der Waals surface area contributed by atoms with Crippen LogP contribution in [0.3, 0.4) is 0 Å². The van der Waals surface area contributed by atoms with Crippen LogP contribution in [0.15, 0.2) is 35.1 Å². The molecule has 2 nitrogen and oxygen atoms in total. The second kappa shape index (κ2) is 11.3. The summed E-state index contributed by atoms with van der Waals surface area (Å²) in [5.41, 5.74) is 3.50. The van der Waals surface area contributed by atoms with Crippen LogP contribution < -0.4 is 5.32 Å². The summed E-state index contributed by atoms with van der Waals surface area (Å²) in [6, 6.07) is 0. The summed E-state index contributed by atoms with van der Waals surface area (Å²) < 4.78 is 0. The summed E-state index contributed by atoms with van der Waals surface area (Å²) in [5.74, 6) is 0.445. The van der Waals surface area contributed by atoms with Gasteiger partial charge >= 0.3 is 0 Å². The molecule has 0 saturated carbocycles. The van der Waals surface area contributed by atoms with E-state index < -0.39 is 0 Å². The minimum atomic E-state index is -0.00846. The molecule has 1 fully saturated rings. The lowest BCUT2D eigenvalue weighted by Crippen LogP contribution is -2.43. The normalized spacial score (nSPS) is 21.6. The number of rotatable bonds is 6. The highest BCUT2D eigenvalue weighted by molar-refractivity contribution is 5.93. The Morgan fingerprint density at radius 1 is 1.12 bits per heavy atom. The summed E-state index contributed by atoms with van der Waals surface area (Å²) in [6.45, 7) is 16.8. The van der Waals surface area contributed by atoms with Crippen molar-refractivity contribution in [3.05, 3.63) is 35.1 Å². The van der Waals surface area contributed by atoms with Crippen LogP contribution in [-0.2, 0) is 4.79 Å². The fourth-order valence-corrected chi connectivity index (χ4v) is 3.32. The summed E-state index contributed by atoms with van der Waals surface area (Å²) in [5, 5.41) is 3.56. The summed E-state index contributed by atoms with van der Waals surface area (Å²) >= 11 is 0. The van der Waals surface area contributed by atoms with Gasteiger partial charge in [-0.15, -0.1) is 0 Å². The second-order valence-corrected chi connectivity index (χ2v) is 6.94. The van der Waals surface area contributed by atoms with Crippen molar-refractivity contribution in [1.82, 2.24) is 5.32 Å². The molecule has 0 unspecified atom stereocenters. The van der Waals surface area contributed by atoms with Crippen molar-refractivity contribution in [1.29, 1.82) is 0 Å². The van der Waals surface area contributed by atoms with Gasteiger partial charge in [0.1, 0.15) is 0 Å². The van der Waals surface area contributed by atoms with Gasteiger partial charge in [-0.2, -0.15) is 0 Å². The van der Waals surface area contributed by atoms with Crippen LogP contribution in [0.5, 0.6) is 0 Å². The first-order chi connectivity index (χ1) is 11.4. The molecular formula is C22H39NO. The molecule has 0 aromatic carbocycles. The van der Waals surface area contributed by atoms with Crippen molar-refractivity contribution < 1.29 is 4.79 Å². The zero-order valence-corrected chi connectivity index (χ0v) is 17.3. The molecule has 1 N–H and O–H groups in total. The fraction of sp³-hybridized carbons (Fsp3) is 0.682. The quantitative estimate of drug-likeness (QED) is 0.574. The molecule has 1 aliphatic heterocycles. The number of hydrogen-bond acceptors (Lipinski definition) is 2. The van der Waals surface area contributed by atoms with Gasteiger partial charge in [0.15, 0.2) is 5.78 Å². The van der Waals surface area contributed by atoms with Crippen molar-refractivity contribution >= 4 is 5.78 Å². The molecule has 0 bridgehead atoms. The predicted octanol–water partition coefficient (Wildman–Crippen LogP) is 6.35. The van der Waals surface area contributed by atoms with Gasteiger partial charge in [0.05, 0.1) is 0 Å². The van der Waals surface area contributed by atoms with Gasteiger partial charge in [0, 0.05) is 23.2 Å². The Balaban J connectivity index is 0.00000254. The Labute approximate surface area is 150 Å². The molecule has 24 heavy (non-hydrogen) atoms. The van der Waals surface area contributed by atoms with E-state index in [0.717, 1.165) is 37.8 Å². The lowest BCUT2D eigenvalue weighted by Gasteiger charge is -2.37. The van der Waals surface area contributed by atoms with Crippen molar-refractivity contribution in [2.75, 3.05) is 0 Å². The molecule has 0 radical (unpaired) electrons. The lowest BCUT2D eigenvalue weighted by molar-refractivity contribution is -0.118. The largest absolute Gasteiger partial charge is 0.379 e. The van der Waals surface area contributed by atoms with E-state index in [-0.39, 0.29) is 17.2 Å². The highest BCUT2D eigenvalue weighted by Crippen LogP contribution is 2.33. The number of nitrogens with one attached hydrogen (secondary N) is 1. The minimum absolute atomic E-state index is 0.00846. The Kier molecular flexibility index (Phi) is 10.7. The molecule has 0 aromatic heterocycles. The maximum atomic E-state index is 12.7. The average molecular weight is 334 g/mol. The SMILES string of the molecule is C/C=C1/CC(C)(C)NC(=C\C(=O)C(CCC)CCC)/C1=C/C.CC. The first-order valence-electron chi connectivity index (χ1n) is 9.74. The second-order valence-electron chi connectivity index (χ2n) is 6.94. The van der Waals surface area contributed by atoms with Crippen LogP contribution in [0, 0.1) is 5.92 Å². The van der Waals surface area contributed by atoms with Crippen molar-refractivity contribution in [3.63, 3.8) is 0 Å². The molecule has 1 saturated heterocycles. The molecule has 1 heterocycles. The van der Waals surface area contributed by atoms with Gasteiger partial charge in [0.25, 0.3) is 0 Å². The number of carbonyl (C=O) groups is 1. The number of ketones is 1. The summed E-state index contributed by atoms with van der Waals surface area (Å²) in [7, 11) is 0. The van der Waals surface area contributed by atoms with Crippen LogP contribution in [0.25, 0.3) is 0 Å². The van der Waals surface area contributed by atoms with Gasteiger partial charge in [0.2, 0.25) is 0 Å². The molecule has 1 rings (SSSR count). The van der Waals surface area contributed by atoms with Crippen molar-refractivity contribution in [2.24, 2.45) is 5.92 Å². The Bertz CT molecular complexity index is 474. The fourth-order valence-electron chi connectivity index (χ4n) is 3.32. The third kappa shape index (κ3) is 6.67. The van der Waals surface area contributed by atoms with E-state index in [1.54, 1.807) is 0 Å². The average Bonchev–Trinajstić information content (AvgIpc) is 2.55. The topological polar surface area (TPSA) is 29.1 Å². The van der Waals surface area contributed by atoms with Gasteiger partial charge < -0.3 is 5.32 Å². The van der Waals surface area contributed by atoms with Gasteiger partial charge in [-0.1, -0.05) is 52.7 Å². The number of hydrogen-bond donors (Lipinski definition) is 1. The molecule has 0 aromatic rings. The standard InChI is InChI=1S/C20H33NO.C2H6/c1-7-11-16(12-8-2)19(22)13-18-17(10-4)15(9-3)14-20(5,6)21-18;1-2/h9-10,13,16,21H,7-8,11-12,14H2,1-6H3;1-2H3/b15-9-,17-10+,18-13-;. The van der Waals surface area contributed by atoms with Crippen LogP contribution in [0.4, 0.5) is 0 Å². The highest BCUT2D eigenvalue weighted by atomic mass is 16.1. The molecular weight excluding hydrogens is 294 g/mol. The first-order valence-corrected chi connectivity index (χ1v) is 9.74. The minimum Gasteiger partial charge on any atom is -0.379 e. The zero-order chi connectivity index (χ0) is 18.8. The van der Waals surface area contributed by atoms with Crippen LogP contribution in [-0.4, -0.2) is 11.3 Å².